The standard InChI is InChI=1S/C38H32N4O5S/c1-25-20-21-31(22-26(25)2)40-38(45)35(27-12-5-3-6-13-27)48-32-18-11-17-30(24-32)39-37(44)33(41-36(43)28-14-7-4-8-15-28)23-29-16-9-10-19-34(29)42(46)47/h3-24,35H,1-2H3,(H,39,44)(H,40,45)(H,41,43)/b33-23+. The number of hydrogen-bond acceptors (Lipinski definition) is 6. The second kappa shape index (κ2) is 15.5. The highest BCUT2D eigenvalue weighted by Crippen LogP contribution is 2.37. The van der Waals surface area contributed by atoms with E-state index in [4.69, 9.17) is 0 Å². The lowest BCUT2D eigenvalue weighted by Crippen LogP contribution is -2.30. The van der Waals surface area contributed by atoms with Crippen molar-refractivity contribution in [1.29, 1.82) is 0 Å². The summed E-state index contributed by atoms with van der Waals surface area (Å²) in [6.07, 6.45) is 1.27. The molecule has 5 rings (SSSR count). The number of nitro groups is 1. The van der Waals surface area contributed by atoms with Gasteiger partial charge in [0.1, 0.15) is 10.9 Å². The van der Waals surface area contributed by atoms with E-state index in [1.807, 2.05) is 68.4 Å². The fourth-order valence-electron chi connectivity index (χ4n) is 4.78. The minimum Gasteiger partial charge on any atom is -0.325 e. The van der Waals surface area contributed by atoms with Gasteiger partial charge in [-0.2, -0.15) is 0 Å². The molecule has 9 nitrogen and oxygen atoms in total. The van der Waals surface area contributed by atoms with Crippen LogP contribution in [0.5, 0.6) is 0 Å². The zero-order valence-electron chi connectivity index (χ0n) is 26.2. The molecule has 240 valence electrons. The first-order chi connectivity index (χ1) is 23.2. The molecule has 0 aliphatic carbocycles. The van der Waals surface area contributed by atoms with Gasteiger partial charge in [0.05, 0.1) is 10.5 Å². The minimum atomic E-state index is -0.688. The summed E-state index contributed by atoms with van der Waals surface area (Å²) in [6.45, 7) is 4.00. The van der Waals surface area contributed by atoms with Crippen LogP contribution in [0.15, 0.2) is 138 Å². The zero-order valence-corrected chi connectivity index (χ0v) is 27.0. The van der Waals surface area contributed by atoms with E-state index in [0.29, 0.717) is 21.8 Å². The molecule has 1 atom stereocenters. The summed E-state index contributed by atoms with van der Waals surface area (Å²) >= 11 is 1.32. The van der Waals surface area contributed by atoms with E-state index in [1.54, 1.807) is 54.6 Å². The molecule has 0 aromatic heterocycles. The molecular weight excluding hydrogens is 625 g/mol. The van der Waals surface area contributed by atoms with E-state index in [-0.39, 0.29) is 22.9 Å². The van der Waals surface area contributed by atoms with Gasteiger partial charge in [-0.15, -0.1) is 11.8 Å². The largest absolute Gasteiger partial charge is 0.325 e. The Morgan fingerprint density at radius 2 is 1.40 bits per heavy atom. The number of aryl methyl sites for hydroxylation is 2. The van der Waals surface area contributed by atoms with Crippen molar-refractivity contribution in [2.75, 3.05) is 10.6 Å². The van der Waals surface area contributed by atoms with Crippen LogP contribution in [-0.4, -0.2) is 22.6 Å². The van der Waals surface area contributed by atoms with E-state index >= 15 is 0 Å². The van der Waals surface area contributed by atoms with Gasteiger partial charge in [0.15, 0.2) is 0 Å². The number of nitrogens with one attached hydrogen (secondary N) is 3. The van der Waals surface area contributed by atoms with Crippen molar-refractivity contribution in [2.24, 2.45) is 0 Å². The summed E-state index contributed by atoms with van der Waals surface area (Å²) < 4.78 is 0. The van der Waals surface area contributed by atoms with Crippen molar-refractivity contribution in [3.8, 4) is 0 Å². The first-order valence-corrected chi connectivity index (χ1v) is 15.9. The normalized spacial score (nSPS) is 11.7. The zero-order chi connectivity index (χ0) is 34.0. The van der Waals surface area contributed by atoms with Gasteiger partial charge in [-0.25, -0.2) is 0 Å². The quantitative estimate of drug-likeness (QED) is 0.0570. The van der Waals surface area contributed by atoms with Crippen LogP contribution in [0, 0.1) is 24.0 Å². The third-order valence-electron chi connectivity index (χ3n) is 7.42. The summed E-state index contributed by atoms with van der Waals surface area (Å²) in [4.78, 5) is 52.2. The molecule has 0 bridgehead atoms. The Kier molecular flexibility index (Phi) is 10.8. The van der Waals surface area contributed by atoms with Crippen molar-refractivity contribution in [2.45, 2.75) is 24.0 Å². The van der Waals surface area contributed by atoms with Gasteiger partial charge in [-0.3, -0.25) is 24.5 Å². The van der Waals surface area contributed by atoms with E-state index < -0.39 is 22.0 Å². The van der Waals surface area contributed by atoms with Crippen LogP contribution in [-0.2, 0) is 9.59 Å². The van der Waals surface area contributed by atoms with Crippen molar-refractivity contribution >= 4 is 52.6 Å². The highest BCUT2D eigenvalue weighted by atomic mass is 32.2. The molecule has 48 heavy (non-hydrogen) atoms. The van der Waals surface area contributed by atoms with Gasteiger partial charge in [0.2, 0.25) is 5.91 Å². The number of carbonyl (C=O) groups is 3. The maximum atomic E-state index is 13.6. The Balaban J connectivity index is 1.41. The average Bonchev–Trinajstić information content (AvgIpc) is 3.09. The Morgan fingerprint density at radius 3 is 2.10 bits per heavy atom. The van der Waals surface area contributed by atoms with Gasteiger partial charge < -0.3 is 16.0 Å². The van der Waals surface area contributed by atoms with Crippen molar-refractivity contribution < 1.29 is 19.3 Å². The lowest BCUT2D eigenvalue weighted by Gasteiger charge is -2.18. The molecule has 0 saturated heterocycles. The van der Waals surface area contributed by atoms with Crippen LogP contribution in [0.1, 0.15) is 37.9 Å². The summed E-state index contributed by atoms with van der Waals surface area (Å²) in [7, 11) is 0. The third kappa shape index (κ3) is 8.62. The van der Waals surface area contributed by atoms with Crippen LogP contribution < -0.4 is 16.0 Å². The van der Waals surface area contributed by atoms with Crippen LogP contribution in [0.2, 0.25) is 0 Å². The number of hydrogen-bond donors (Lipinski definition) is 3. The molecular formula is C38H32N4O5S. The second-order valence-corrected chi connectivity index (χ2v) is 12.1. The van der Waals surface area contributed by atoms with Gasteiger partial charge in [0.25, 0.3) is 17.5 Å². The predicted octanol–water partition coefficient (Wildman–Crippen LogP) is 8.09. The summed E-state index contributed by atoms with van der Waals surface area (Å²) in [5, 5.41) is 19.5. The molecule has 1 unspecified atom stereocenters. The van der Waals surface area contributed by atoms with Crippen LogP contribution in [0.4, 0.5) is 17.1 Å². The summed E-state index contributed by atoms with van der Waals surface area (Å²) in [6, 6.07) is 36.4. The summed E-state index contributed by atoms with van der Waals surface area (Å²) in [5.74, 6) is -1.45. The number of rotatable bonds is 11. The molecule has 0 fully saturated rings. The number of anilines is 2. The first kappa shape index (κ1) is 33.4. The van der Waals surface area contributed by atoms with Crippen molar-refractivity contribution in [3.63, 3.8) is 0 Å². The van der Waals surface area contributed by atoms with E-state index in [1.165, 1.54) is 36.0 Å². The average molecular weight is 657 g/mol. The maximum absolute atomic E-state index is 13.6. The maximum Gasteiger partial charge on any atom is 0.276 e. The number of carbonyl (C=O) groups excluding carboxylic acids is 3. The van der Waals surface area contributed by atoms with Crippen LogP contribution in [0.25, 0.3) is 6.08 Å². The number of thioether (sulfide) groups is 1. The topological polar surface area (TPSA) is 130 Å². The van der Waals surface area contributed by atoms with E-state index in [0.717, 1.165) is 16.7 Å². The van der Waals surface area contributed by atoms with Gasteiger partial charge in [-0.05, 0) is 85.1 Å². The monoisotopic (exact) mass is 656 g/mol. The molecule has 0 aliphatic rings. The van der Waals surface area contributed by atoms with Crippen LogP contribution >= 0.6 is 11.8 Å². The minimum absolute atomic E-state index is 0.144. The predicted molar refractivity (Wildman–Crippen MR) is 190 cm³/mol. The van der Waals surface area contributed by atoms with E-state index in [2.05, 4.69) is 16.0 Å². The molecule has 0 saturated carbocycles. The molecule has 3 N–H and O–H groups in total. The fourth-order valence-corrected chi connectivity index (χ4v) is 5.87. The number of amides is 3. The van der Waals surface area contributed by atoms with Gasteiger partial charge in [-0.1, -0.05) is 72.8 Å². The lowest BCUT2D eigenvalue weighted by atomic mass is 10.1. The number of benzene rings is 5. The van der Waals surface area contributed by atoms with Crippen molar-refractivity contribution in [1.82, 2.24) is 5.32 Å². The molecule has 10 heteroatoms. The molecule has 5 aromatic carbocycles. The molecule has 5 aromatic rings. The van der Waals surface area contributed by atoms with Gasteiger partial charge in [0, 0.05) is 27.9 Å². The SMILES string of the molecule is Cc1ccc(NC(=O)C(Sc2cccc(NC(=O)/C(=C\c3ccccc3[N+](=O)[O-])NC(=O)c3ccccc3)c2)c2ccccc2)cc1C. The highest BCUT2D eigenvalue weighted by molar-refractivity contribution is 8.00. The number of nitrogens with zero attached hydrogens (tertiary/aromatic N) is 1. The Hall–Kier alpha value is -6.00. The third-order valence-corrected chi connectivity index (χ3v) is 8.67. The number of para-hydroxylation sites is 1. The fraction of sp³-hybridized carbons (Fsp3) is 0.0789. The Morgan fingerprint density at radius 1 is 0.729 bits per heavy atom. The Bertz CT molecular complexity index is 2000. The van der Waals surface area contributed by atoms with Crippen molar-refractivity contribution in [3.05, 3.63) is 171 Å². The van der Waals surface area contributed by atoms with E-state index in [9.17, 15) is 24.5 Å². The molecule has 0 spiro atoms. The summed E-state index contributed by atoms with van der Waals surface area (Å²) in [5.41, 5.74) is 4.13. The highest BCUT2D eigenvalue weighted by Gasteiger charge is 2.23. The van der Waals surface area contributed by atoms with Gasteiger partial charge >= 0.3 is 0 Å². The smallest absolute Gasteiger partial charge is 0.276 e. The molecule has 0 aliphatic heterocycles. The molecule has 0 heterocycles. The lowest BCUT2D eigenvalue weighted by molar-refractivity contribution is -0.385. The second-order valence-electron chi connectivity index (χ2n) is 10.9. The Labute approximate surface area is 282 Å². The molecule has 3 amide bonds. The van der Waals surface area contributed by atoms with Crippen LogP contribution in [0.3, 0.4) is 0 Å². The first-order valence-electron chi connectivity index (χ1n) is 15.0. The number of nitro benzene ring substituents is 1. The molecule has 0 radical (unpaired) electrons.